The van der Waals surface area contributed by atoms with Gasteiger partial charge in [0.1, 0.15) is 11.8 Å². The Kier molecular flexibility index (Phi) is 3.74. The molecule has 2 rings (SSSR count). The number of rotatable bonds is 3. The highest BCUT2D eigenvalue weighted by atomic mass is 16.4. The lowest BCUT2D eigenvalue weighted by molar-refractivity contribution is -0.141. The van der Waals surface area contributed by atoms with E-state index in [1.807, 2.05) is 6.07 Å². The minimum atomic E-state index is -1.06. The molecule has 1 amide bonds. The molecule has 1 aromatic rings. The number of nitrogens with one attached hydrogen (secondary N) is 1. The fourth-order valence-electron chi connectivity index (χ4n) is 2.48. The molecule has 0 saturated carbocycles. The number of carbonyl (C=O) groups excluding carboxylic acids is 1. The summed E-state index contributed by atoms with van der Waals surface area (Å²) in [4.78, 5) is 22.9. The molecule has 2 atom stereocenters. The van der Waals surface area contributed by atoms with Gasteiger partial charge in [0.05, 0.1) is 5.92 Å². The summed E-state index contributed by atoms with van der Waals surface area (Å²) in [5, 5.41) is 21.1. The van der Waals surface area contributed by atoms with Crippen LogP contribution in [0.1, 0.15) is 36.8 Å². The number of aromatic hydroxyl groups is 1. The maximum atomic E-state index is 12.1. The van der Waals surface area contributed by atoms with E-state index in [2.05, 4.69) is 5.32 Å². The molecule has 1 aliphatic carbocycles. The van der Waals surface area contributed by atoms with E-state index in [0.29, 0.717) is 6.42 Å². The van der Waals surface area contributed by atoms with Gasteiger partial charge >= 0.3 is 5.97 Å². The second kappa shape index (κ2) is 5.30. The van der Waals surface area contributed by atoms with Crippen LogP contribution in [-0.2, 0) is 16.0 Å². The molecule has 0 aromatic heterocycles. The van der Waals surface area contributed by atoms with E-state index < -0.39 is 12.0 Å². The van der Waals surface area contributed by atoms with Gasteiger partial charge in [0, 0.05) is 0 Å². The quantitative estimate of drug-likeness (QED) is 0.769. The molecule has 5 heteroatoms. The molecule has 1 aromatic carbocycles. The Morgan fingerprint density at radius 2 is 2.16 bits per heavy atom. The van der Waals surface area contributed by atoms with Crippen molar-refractivity contribution in [1.82, 2.24) is 5.32 Å². The van der Waals surface area contributed by atoms with Gasteiger partial charge in [-0.25, -0.2) is 0 Å². The van der Waals surface area contributed by atoms with Crippen LogP contribution in [0.3, 0.4) is 0 Å². The molecule has 102 valence electrons. The van der Waals surface area contributed by atoms with Gasteiger partial charge in [-0.1, -0.05) is 12.1 Å². The second-order valence-corrected chi connectivity index (χ2v) is 4.86. The maximum Gasteiger partial charge on any atom is 0.325 e. The highest BCUT2D eigenvalue weighted by Crippen LogP contribution is 2.36. The fraction of sp³-hybridized carbons (Fsp3) is 0.429. The van der Waals surface area contributed by atoms with Crippen LogP contribution in [0.25, 0.3) is 0 Å². The van der Waals surface area contributed by atoms with Gasteiger partial charge in [-0.05, 0) is 43.4 Å². The lowest BCUT2D eigenvalue weighted by Gasteiger charge is -2.26. The van der Waals surface area contributed by atoms with Gasteiger partial charge in [-0.3, -0.25) is 9.59 Å². The van der Waals surface area contributed by atoms with Gasteiger partial charge in [0.2, 0.25) is 5.91 Å². The summed E-state index contributed by atoms with van der Waals surface area (Å²) in [6, 6.07) is 4.23. The largest absolute Gasteiger partial charge is 0.508 e. The predicted octanol–water partition coefficient (Wildman–Crippen LogP) is 1.40. The molecular weight excluding hydrogens is 246 g/mol. The Morgan fingerprint density at radius 3 is 2.84 bits per heavy atom. The first-order valence-electron chi connectivity index (χ1n) is 6.34. The average molecular weight is 263 g/mol. The molecule has 0 heterocycles. The van der Waals surface area contributed by atoms with Gasteiger partial charge in [0.25, 0.3) is 0 Å². The molecule has 0 spiro atoms. The first kappa shape index (κ1) is 13.4. The van der Waals surface area contributed by atoms with Crippen molar-refractivity contribution in [3.05, 3.63) is 29.3 Å². The minimum absolute atomic E-state index is 0.210. The molecule has 0 fully saturated rings. The highest BCUT2D eigenvalue weighted by molar-refractivity contribution is 5.88. The summed E-state index contributed by atoms with van der Waals surface area (Å²) < 4.78 is 0. The van der Waals surface area contributed by atoms with Gasteiger partial charge in [0.15, 0.2) is 0 Å². The molecule has 2 unspecified atom stereocenters. The van der Waals surface area contributed by atoms with Crippen LogP contribution in [0.2, 0.25) is 0 Å². The zero-order valence-corrected chi connectivity index (χ0v) is 10.7. The first-order valence-corrected chi connectivity index (χ1v) is 6.34. The molecule has 19 heavy (non-hydrogen) atoms. The standard InChI is InChI=1S/C14H17NO4/c1-8(14(18)19)15-13(17)11-6-2-5-10-9(11)4-3-7-12(10)16/h3-4,7-8,11,16H,2,5-6H2,1H3,(H,15,17)(H,18,19). The number of carboxylic acid groups (broad SMARTS) is 1. The van der Waals surface area contributed by atoms with Gasteiger partial charge in [-0.15, -0.1) is 0 Å². The van der Waals surface area contributed by atoms with Gasteiger partial charge < -0.3 is 15.5 Å². The zero-order chi connectivity index (χ0) is 14.0. The number of hydrogen-bond acceptors (Lipinski definition) is 3. The van der Waals surface area contributed by atoms with Crippen LogP contribution < -0.4 is 5.32 Å². The van der Waals surface area contributed by atoms with Gasteiger partial charge in [-0.2, -0.15) is 0 Å². The topological polar surface area (TPSA) is 86.6 Å². The zero-order valence-electron chi connectivity index (χ0n) is 10.7. The van der Waals surface area contributed by atoms with E-state index in [1.54, 1.807) is 12.1 Å². The normalized spacial score (nSPS) is 19.3. The van der Waals surface area contributed by atoms with Crippen LogP contribution in [0, 0.1) is 0 Å². The maximum absolute atomic E-state index is 12.1. The van der Waals surface area contributed by atoms with Crippen LogP contribution in [0.15, 0.2) is 18.2 Å². The molecule has 5 nitrogen and oxygen atoms in total. The van der Waals surface area contributed by atoms with E-state index in [0.717, 1.165) is 24.0 Å². The number of hydrogen-bond donors (Lipinski definition) is 3. The third kappa shape index (κ3) is 2.70. The van der Waals surface area contributed by atoms with E-state index in [4.69, 9.17) is 5.11 Å². The Morgan fingerprint density at radius 1 is 1.42 bits per heavy atom. The van der Waals surface area contributed by atoms with Crippen molar-refractivity contribution < 1.29 is 19.8 Å². The molecule has 0 saturated heterocycles. The lowest BCUT2D eigenvalue weighted by Crippen LogP contribution is -2.41. The Bertz CT molecular complexity index is 512. The third-order valence-corrected chi connectivity index (χ3v) is 3.53. The van der Waals surface area contributed by atoms with E-state index >= 15 is 0 Å². The first-order chi connectivity index (χ1) is 9.00. The van der Waals surface area contributed by atoms with Crippen molar-refractivity contribution in [2.24, 2.45) is 0 Å². The Hall–Kier alpha value is -2.04. The second-order valence-electron chi connectivity index (χ2n) is 4.86. The fourth-order valence-corrected chi connectivity index (χ4v) is 2.48. The van der Waals surface area contributed by atoms with Crippen LogP contribution in [-0.4, -0.2) is 28.1 Å². The monoisotopic (exact) mass is 263 g/mol. The van der Waals surface area contributed by atoms with Crippen molar-refractivity contribution in [2.75, 3.05) is 0 Å². The number of fused-ring (bicyclic) bond motifs is 1. The number of carbonyl (C=O) groups is 2. The summed E-state index contributed by atoms with van der Waals surface area (Å²) >= 11 is 0. The summed E-state index contributed by atoms with van der Waals surface area (Å²) in [6.45, 7) is 1.44. The van der Waals surface area contributed by atoms with Crippen molar-refractivity contribution in [3.63, 3.8) is 0 Å². The number of phenolic OH excluding ortho intramolecular Hbond substituents is 1. The summed E-state index contributed by atoms with van der Waals surface area (Å²) in [6.07, 6.45) is 2.24. The molecule has 1 aliphatic rings. The number of aliphatic carboxylic acids is 1. The van der Waals surface area contributed by atoms with Crippen molar-refractivity contribution in [2.45, 2.75) is 38.1 Å². The molecule has 0 aliphatic heterocycles. The molecule has 0 bridgehead atoms. The Balaban J connectivity index is 2.22. The molecule has 0 radical (unpaired) electrons. The molecular formula is C14H17NO4. The Labute approximate surface area is 111 Å². The minimum Gasteiger partial charge on any atom is -0.508 e. The van der Waals surface area contributed by atoms with E-state index in [9.17, 15) is 14.7 Å². The number of carboxylic acids is 1. The van der Waals surface area contributed by atoms with Crippen LogP contribution in [0.4, 0.5) is 0 Å². The lowest BCUT2D eigenvalue weighted by atomic mass is 9.82. The van der Waals surface area contributed by atoms with Crippen molar-refractivity contribution in [3.8, 4) is 5.75 Å². The smallest absolute Gasteiger partial charge is 0.325 e. The predicted molar refractivity (Wildman–Crippen MR) is 69.0 cm³/mol. The van der Waals surface area contributed by atoms with E-state index in [-0.39, 0.29) is 17.6 Å². The summed E-state index contributed by atoms with van der Waals surface area (Å²) in [5.41, 5.74) is 1.61. The number of phenols is 1. The van der Waals surface area contributed by atoms with E-state index in [1.165, 1.54) is 6.92 Å². The van der Waals surface area contributed by atoms with Crippen molar-refractivity contribution in [1.29, 1.82) is 0 Å². The van der Waals surface area contributed by atoms with Crippen molar-refractivity contribution >= 4 is 11.9 Å². The summed E-state index contributed by atoms with van der Waals surface area (Å²) in [5.74, 6) is -1.51. The molecule has 3 N–H and O–H groups in total. The number of amides is 1. The average Bonchev–Trinajstić information content (AvgIpc) is 2.38. The SMILES string of the molecule is CC(NC(=O)C1CCCc2c(O)cccc21)C(=O)O. The number of benzene rings is 1. The highest BCUT2D eigenvalue weighted by Gasteiger charge is 2.29. The van der Waals surface area contributed by atoms with Crippen LogP contribution >= 0.6 is 0 Å². The third-order valence-electron chi connectivity index (χ3n) is 3.53. The van der Waals surface area contributed by atoms with Crippen LogP contribution in [0.5, 0.6) is 5.75 Å². The summed E-state index contributed by atoms with van der Waals surface area (Å²) in [7, 11) is 0.